The van der Waals surface area contributed by atoms with Crippen LogP contribution in [0, 0.1) is 11.2 Å². The Hall–Kier alpha value is -2.35. The number of thioether (sulfide) groups is 1. The van der Waals surface area contributed by atoms with Crippen molar-refractivity contribution in [2.24, 2.45) is 5.41 Å². The summed E-state index contributed by atoms with van der Waals surface area (Å²) in [6, 6.07) is 9.59. The number of halogens is 4. The number of alkyl halides is 3. The minimum Gasteiger partial charge on any atom is -0.352 e. The summed E-state index contributed by atoms with van der Waals surface area (Å²) in [5.74, 6) is -2.06. The van der Waals surface area contributed by atoms with E-state index in [1.165, 1.54) is 6.07 Å². The quantitative estimate of drug-likeness (QED) is 0.362. The number of ketones is 1. The van der Waals surface area contributed by atoms with Crippen molar-refractivity contribution in [2.75, 3.05) is 6.26 Å². The van der Waals surface area contributed by atoms with Gasteiger partial charge in [-0.3, -0.25) is 9.59 Å². The Morgan fingerprint density at radius 2 is 1.66 bits per heavy atom. The average molecular weight is 427 g/mol. The molecule has 2 aromatic carbocycles. The van der Waals surface area contributed by atoms with E-state index in [0.29, 0.717) is 11.6 Å². The van der Waals surface area contributed by atoms with Gasteiger partial charge in [-0.25, -0.2) is 4.39 Å². The van der Waals surface area contributed by atoms with Gasteiger partial charge in [-0.2, -0.15) is 13.2 Å². The SMILES string of the molecule is CSc1ccc(C(=O)CC(C)(C)C(=O)NCc2ccc(F)c(C(F)(F)F)c2)cc1. The summed E-state index contributed by atoms with van der Waals surface area (Å²) in [6.07, 6.45) is -2.96. The van der Waals surface area contributed by atoms with Crippen LogP contribution in [0.3, 0.4) is 0 Å². The molecule has 0 saturated heterocycles. The molecule has 29 heavy (non-hydrogen) atoms. The summed E-state index contributed by atoms with van der Waals surface area (Å²) in [4.78, 5) is 26.0. The minimum absolute atomic E-state index is 0.0608. The Bertz CT molecular complexity index is 893. The molecule has 0 aliphatic heterocycles. The van der Waals surface area contributed by atoms with E-state index >= 15 is 0 Å². The lowest BCUT2D eigenvalue weighted by atomic mass is 9.84. The zero-order valence-corrected chi connectivity index (χ0v) is 17.0. The molecule has 0 spiro atoms. The van der Waals surface area contributed by atoms with Crippen LogP contribution in [-0.4, -0.2) is 17.9 Å². The number of carbonyl (C=O) groups is 2. The van der Waals surface area contributed by atoms with E-state index in [-0.39, 0.29) is 24.3 Å². The Balaban J connectivity index is 2.02. The fraction of sp³-hybridized carbons (Fsp3) is 0.333. The number of benzene rings is 2. The molecule has 2 rings (SSSR count). The molecule has 1 N–H and O–H groups in total. The predicted molar refractivity (Wildman–Crippen MR) is 104 cm³/mol. The number of carbonyl (C=O) groups excluding carboxylic acids is 2. The van der Waals surface area contributed by atoms with Gasteiger partial charge in [0.1, 0.15) is 5.82 Å². The highest BCUT2D eigenvalue weighted by atomic mass is 32.2. The molecule has 8 heteroatoms. The third-order valence-corrected chi connectivity index (χ3v) is 5.16. The maximum absolute atomic E-state index is 13.4. The van der Waals surface area contributed by atoms with E-state index in [1.54, 1.807) is 37.7 Å². The van der Waals surface area contributed by atoms with Gasteiger partial charge in [-0.05, 0) is 36.1 Å². The second-order valence-corrected chi connectivity index (χ2v) is 8.09. The van der Waals surface area contributed by atoms with Gasteiger partial charge in [-0.15, -0.1) is 11.8 Å². The Kier molecular flexibility index (Phi) is 7.11. The topological polar surface area (TPSA) is 46.2 Å². The van der Waals surface area contributed by atoms with Crippen LogP contribution in [0.5, 0.6) is 0 Å². The summed E-state index contributed by atoms with van der Waals surface area (Å²) >= 11 is 1.55. The number of Topliss-reactive ketones (excluding diaryl/α,β-unsaturated/α-hetero) is 1. The van der Waals surface area contributed by atoms with Crippen LogP contribution in [0.25, 0.3) is 0 Å². The van der Waals surface area contributed by atoms with Crippen LogP contribution in [0.1, 0.15) is 41.8 Å². The van der Waals surface area contributed by atoms with Crippen molar-refractivity contribution >= 4 is 23.5 Å². The van der Waals surface area contributed by atoms with E-state index in [4.69, 9.17) is 0 Å². The second kappa shape index (κ2) is 8.98. The summed E-state index contributed by atoms with van der Waals surface area (Å²) in [6.45, 7) is 2.97. The van der Waals surface area contributed by atoms with Gasteiger partial charge in [0.15, 0.2) is 5.78 Å². The first-order valence-corrected chi connectivity index (χ1v) is 9.97. The predicted octanol–water partition coefficient (Wildman–Crippen LogP) is 5.48. The van der Waals surface area contributed by atoms with Crippen LogP contribution in [-0.2, 0) is 17.5 Å². The maximum Gasteiger partial charge on any atom is 0.419 e. The van der Waals surface area contributed by atoms with Crippen LogP contribution < -0.4 is 5.32 Å². The Labute approximate surface area is 170 Å². The molecule has 0 aliphatic rings. The summed E-state index contributed by atoms with van der Waals surface area (Å²) in [7, 11) is 0. The van der Waals surface area contributed by atoms with Crippen molar-refractivity contribution in [3.8, 4) is 0 Å². The van der Waals surface area contributed by atoms with Crippen LogP contribution in [0.15, 0.2) is 47.4 Å². The van der Waals surface area contributed by atoms with E-state index < -0.39 is 28.9 Å². The largest absolute Gasteiger partial charge is 0.419 e. The van der Waals surface area contributed by atoms with E-state index in [1.807, 2.05) is 18.4 Å². The third-order valence-electron chi connectivity index (χ3n) is 4.42. The lowest BCUT2D eigenvalue weighted by Crippen LogP contribution is -2.38. The molecule has 156 valence electrons. The number of amides is 1. The van der Waals surface area contributed by atoms with Gasteiger partial charge < -0.3 is 5.32 Å². The third kappa shape index (κ3) is 6.06. The van der Waals surface area contributed by atoms with Crippen LogP contribution >= 0.6 is 11.8 Å². The highest BCUT2D eigenvalue weighted by Crippen LogP contribution is 2.32. The molecule has 0 bridgehead atoms. The maximum atomic E-state index is 13.4. The van der Waals surface area contributed by atoms with E-state index in [9.17, 15) is 27.2 Å². The lowest BCUT2D eigenvalue weighted by molar-refractivity contribution is -0.140. The molecule has 0 radical (unpaired) electrons. The van der Waals surface area contributed by atoms with Crippen molar-refractivity contribution in [2.45, 2.75) is 37.9 Å². The molecule has 0 fully saturated rings. The highest BCUT2D eigenvalue weighted by Gasteiger charge is 2.34. The van der Waals surface area contributed by atoms with Gasteiger partial charge in [0.25, 0.3) is 0 Å². The summed E-state index contributed by atoms with van der Waals surface area (Å²) in [5.41, 5.74) is -1.85. The average Bonchev–Trinajstić information content (AvgIpc) is 2.65. The monoisotopic (exact) mass is 427 g/mol. The highest BCUT2D eigenvalue weighted by molar-refractivity contribution is 7.98. The standard InChI is InChI=1S/C21H21F4NO2S/c1-20(2,11-18(27)14-5-7-15(29-3)8-6-14)19(28)26-12-13-4-9-17(22)16(10-13)21(23,24)25/h4-10H,11-12H2,1-3H3,(H,26,28). The molecule has 2 aromatic rings. The number of hydrogen-bond donors (Lipinski definition) is 1. The van der Waals surface area contributed by atoms with Gasteiger partial charge in [-0.1, -0.05) is 32.0 Å². The molecule has 0 atom stereocenters. The van der Waals surface area contributed by atoms with Crippen molar-refractivity contribution < 1.29 is 27.2 Å². The summed E-state index contributed by atoms with van der Waals surface area (Å²) < 4.78 is 51.8. The first-order valence-electron chi connectivity index (χ1n) is 8.75. The molecule has 3 nitrogen and oxygen atoms in total. The fourth-order valence-electron chi connectivity index (χ4n) is 2.68. The number of hydrogen-bond acceptors (Lipinski definition) is 3. The first-order chi connectivity index (χ1) is 13.4. The van der Waals surface area contributed by atoms with Crippen LogP contribution in [0.2, 0.25) is 0 Å². The smallest absolute Gasteiger partial charge is 0.352 e. The fourth-order valence-corrected chi connectivity index (χ4v) is 3.09. The van der Waals surface area contributed by atoms with E-state index in [0.717, 1.165) is 11.0 Å². The van der Waals surface area contributed by atoms with Crippen LogP contribution in [0.4, 0.5) is 17.6 Å². The molecular weight excluding hydrogens is 406 g/mol. The molecular formula is C21H21F4NO2S. The van der Waals surface area contributed by atoms with Gasteiger partial charge in [0.2, 0.25) is 5.91 Å². The zero-order valence-electron chi connectivity index (χ0n) is 16.2. The molecule has 0 heterocycles. The second-order valence-electron chi connectivity index (χ2n) is 7.21. The normalized spacial score (nSPS) is 12.0. The van der Waals surface area contributed by atoms with Gasteiger partial charge in [0.05, 0.1) is 11.0 Å². The molecule has 0 aromatic heterocycles. The number of nitrogens with one attached hydrogen (secondary N) is 1. The van der Waals surface area contributed by atoms with Gasteiger partial charge in [0, 0.05) is 23.4 Å². The minimum atomic E-state index is -4.82. The van der Waals surface area contributed by atoms with Crippen molar-refractivity contribution in [3.63, 3.8) is 0 Å². The number of rotatable bonds is 7. The van der Waals surface area contributed by atoms with Crippen molar-refractivity contribution in [1.29, 1.82) is 0 Å². The van der Waals surface area contributed by atoms with Gasteiger partial charge >= 0.3 is 6.18 Å². The van der Waals surface area contributed by atoms with Crippen molar-refractivity contribution in [1.82, 2.24) is 5.32 Å². The molecule has 0 aliphatic carbocycles. The first kappa shape index (κ1) is 22.9. The molecule has 0 saturated carbocycles. The zero-order chi connectivity index (χ0) is 21.8. The Morgan fingerprint density at radius 3 is 2.21 bits per heavy atom. The molecule has 0 unspecified atom stereocenters. The van der Waals surface area contributed by atoms with E-state index in [2.05, 4.69) is 5.32 Å². The Morgan fingerprint density at radius 1 is 1.03 bits per heavy atom. The van der Waals surface area contributed by atoms with Crippen molar-refractivity contribution in [3.05, 3.63) is 65.0 Å². The summed E-state index contributed by atoms with van der Waals surface area (Å²) in [5, 5.41) is 2.53. The lowest BCUT2D eigenvalue weighted by Gasteiger charge is -2.23. The molecule has 1 amide bonds.